The standard InChI is InChI=1S/C22H22N2O3/c1-16-7-6-8-17(2)22(16)26-15-20(25)23-13-18-11-12-21(24-14-18)27-19-9-4-3-5-10-19/h3-12,14H,13,15H2,1-2H3,(H,23,25). The quantitative estimate of drug-likeness (QED) is 0.685. The predicted molar refractivity (Wildman–Crippen MR) is 104 cm³/mol. The van der Waals surface area contributed by atoms with Crippen LogP contribution in [0.4, 0.5) is 0 Å². The van der Waals surface area contributed by atoms with Gasteiger partial charge >= 0.3 is 0 Å². The molecule has 1 N–H and O–H groups in total. The second-order valence-electron chi connectivity index (χ2n) is 6.21. The van der Waals surface area contributed by atoms with Crippen molar-refractivity contribution in [1.82, 2.24) is 10.3 Å². The summed E-state index contributed by atoms with van der Waals surface area (Å²) in [5.41, 5.74) is 2.91. The number of carbonyl (C=O) groups is 1. The highest BCUT2D eigenvalue weighted by Crippen LogP contribution is 2.22. The van der Waals surface area contributed by atoms with E-state index >= 15 is 0 Å². The number of hydrogen-bond acceptors (Lipinski definition) is 4. The highest BCUT2D eigenvalue weighted by Gasteiger charge is 2.07. The molecular formula is C22H22N2O3. The van der Waals surface area contributed by atoms with Crippen LogP contribution in [-0.2, 0) is 11.3 Å². The molecule has 0 aliphatic carbocycles. The Labute approximate surface area is 159 Å². The first-order valence-electron chi connectivity index (χ1n) is 8.75. The van der Waals surface area contributed by atoms with Gasteiger partial charge in [0.25, 0.3) is 5.91 Å². The molecular weight excluding hydrogens is 340 g/mol. The van der Waals surface area contributed by atoms with E-state index in [0.717, 1.165) is 28.2 Å². The number of carbonyl (C=O) groups excluding carboxylic acids is 1. The van der Waals surface area contributed by atoms with Crippen molar-refractivity contribution in [3.63, 3.8) is 0 Å². The zero-order chi connectivity index (χ0) is 19.1. The molecule has 0 radical (unpaired) electrons. The van der Waals surface area contributed by atoms with Crippen molar-refractivity contribution in [2.45, 2.75) is 20.4 Å². The largest absolute Gasteiger partial charge is 0.483 e. The van der Waals surface area contributed by atoms with Crippen LogP contribution in [0.15, 0.2) is 66.9 Å². The Morgan fingerprint density at radius 1 is 0.963 bits per heavy atom. The Bertz CT molecular complexity index is 873. The second kappa shape index (κ2) is 8.85. The molecule has 5 nitrogen and oxygen atoms in total. The van der Waals surface area contributed by atoms with Gasteiger partial charge in [0.1, 0.15) is 11.5 Å². The third-order valence-corrected chi connectivity index (χ3v) is 4.01. The average molecular weight is 362 g/mol. The molecule has 1 heterocycles. The van der Waals surface area contributed by atoms with Gasteiger partial charge in [0.05, 0.1) is 0 Å². The Morgan fingerprint density at radius 2 is 1.70 bits per heavy atom. The third kappa shape index (κ3) is 5.31. The molecule has 0 bridgehead atoms. The summed E-state index contributed by atoms with van der Waals surface area (Å²) in [5.74, 6) is 1.82. The SMILES string of the molecule is Cc1cccc(C)c1OCC(=O)NCc1ccc(Oc2ccccc2)nc1. The van der Waals surface area contributed by atoms with Crippen molar-refractivity contribution < 1.29 is 14.3 Å². The lowest BCUT2D eigenvalue weighted by Crippen LogP contribution is -2.28. The van der Waals surface area contributed by atoms with Gasteiger partial charge in [0, 0.05) is 18.8 Å². The predicted octanol–water partition coefficient (Wildman–Crippen LogP) is 4.19. The van der Waals surface area contributed by atoms with Crippen molar-refractivity contribution in [3.05, 3.63) is 83.6 Å². The van der Waals surface area contributed by atoms with Crippen LogP contribution < -0.4 is 14.8 Å². The van der Waals surface area contributed by atoms with Gasteiger partial charge in [-0.15, -0.1) is 0 Å². The maximum absolute atomic E-state index is 12.0. The fraction of sp³-hybridized carbons (Fsp3) is 0.182. The number of ether oxygens (including phenoxy) is 2. The Morgan fingerprint density at radius 3 is 2.37 bits per heavy atom. The molecule has 0 atom stereocenters. The van der Waals surface area contributed by atoms with Crippen LogP contribution >= 0.6 is 0 Å². The maximum Gasteiger partial charge on any atom is 0.258 e. The fourth-order valence-corrected chi connectivity index (χ4v) is 2.60. The minimum absolute atomic E-state index is 0.0195. The zero-order valence-corrected chi connectivity index (χ0v) is 15.4. The molecule has 1 aromatic heterocycles. The molecule has 138 valence electrons. The minimum atomic E-state index is -0.178. The van der Waals surface area contributed by atoms with Crippen LogP contribution in [0.5, 0.6) is 17.4 Å². The molecule has 27 heavy (non-hydrogen) atoms. The van der Waals surface area contributed by atoms with Crippen molar-refractivity contribution >= 4 is 5.91 Å². The molecule has 5 heteroatoms. The number of benzene rings is 2. The fourth-order valence-electron chi connectivity index (χ4n) is 2.60. The number of hydrogen-bond donors (Lipinski definition) is 1. The molecule has 0 aliphatic heterocycles. The molecule has 2 aromatic carbocycles. The molecule has 1 amide bonds. The maximum atomic E-state index is 12.0. The van der Waals surface area contributed by atoms with E-state index < -0.39 is 0 Å². The zero-order valence-electron chi connectivity index (χ0n) is 15.4. The number of rotatable bonds is 7. The van der Waals surface area contributed by atoms with Gasteiger partial charge in [0.15, 0.2) is 6.61 Å². The molecule has 0 unspecified atom stereocenters. The van der Waals surface area contributed by atoms with E-state index in [4.69, 9.17) is 9.47 Å². The molecule has 0 spiro atoms. The molecule has 0 saturated heterocycles. The molecule has 0 fully saturated rings. The summed E-state index contributed by atoms with van der Waals surface area (Å²) in [6, 6.07) is 19.0. The van der Waals surface area contributed by atoms with Gasteiger partial charge in [-0.1, -0.05) is 42.5 Å². The highest BCUT2D eigenvalue weighted by atomic mass is 16.5. The Hall–Kier alpha value is -3.34. The number of amides is 1. The lowest BCUT2D eigenvalue weighted by atomic mass is 10.1. The Kier molecular flexibility index (Phi) is 6.05. The normalized spacial score (nSPS) is 10.3. The number of nitrogens with one attached hydrogen (secondary N) is 1. The number of pyridine rings is 1. The summed E-state index contributed by atoms with van der Waals surface area (Å²) in [6.45, 7) is 4.29. The van der Waals surface area contributed by atoms with Crippen LogP contribution in [0.25, 0.3) is 0 Å². The van der Waals surface area contributed by atoms with Gasteiger partial charge in [-0.3, -0.25) is 4.79 Å². The summed E-state index contributed by atoms with van der Waals surface area (Å²) in [5, 5.41) is 2.83. The van der Waals surface area contributed by atoms with Gasteiger partial charge in [0.2, 0.25) is 5.88 Å². The van der Waals surface area contributed by atoms with Crippen LogP contribution in [0.3, 0.4) is 0 Å². The van der Waals surface area contributed by atoms with Crippen molar-refractivity contribution in [2.75, 3.05) is 6.61 Å². The topological polar surface area (TPSA) is 60.5 Å². The summed E-state index contributed by atoms with van der Waals surface area (Å²) >= 11 is 0. The highest BCUT2D eigenvalue weighted by molar-refractivity contribution is 5.77. The smallest absolute Gasteiger partial charge is 0.258 e. The van der Waals surface area contributed by atoms with Gasteiger partial charge < -0.3 is 14.8 Å². The molecule has 3 aromatic rings. The summed E-state index contributed by atoms with van der Waals surface area (Å²) in [6.07, 6.45) is 1.69. The van der Waals surface area contributed by atoms with E-state index in [1.165, 1.54) is 0 Å². The van der Waals surface area contributed by atoms with Crippen molar-refractivity contribution in [1.29, 1.82) is 0 Å². The summed E-state index contributed by atoms with van der Waals surface area (Å²) in [7, 11) is 0. The van der Waals surface area contributed by atoms with E-state index in [0.29, 0.717) is 12.4 Å². The number of para-hydroxylation sites is 2. The minimum Gasteiger partial charge on any atom is -0.483 e. The molecule has 3 rings (SSSR count). The molecule has 0 saturated carbocycles. The van der Waals surface area contributed by atoms with E-state index in [9.17, 15) is 4.79 Å². The van der Waals surface area contributed by atoms with E-state index in [1.54, 1.807) is 12.3 Å². The van der Waals surface area contributed by atoms with E-state index in [1.807, 2.05) is 68.4 Å². The van der Waals surface area contributed by atoms with Crippen molar-refractivity contribution in [2.24, 2.45) is 0 Å². The Balaban J connectivity index is 1.47. The summed E-state index contributed by atoms with van der Waals surface area (Å²) < 4.78 is 11.3. The monoisotopic (exact) mass is 362 g/mol. The first-order valence-corrected chi connectivity index (χ1v) is 8.75. The average Bonchev–Trinajstić information content (AvgIpc) is 2.68. The van der Waals surface area contributed by atoms with Crippen LogP contribution in [0, 0.1) is 13.8 Å². The molecule has 0 aliphatic rings. The third-order valence-electron chi connectivity index (χ3n) is 4.01. The first-order chi connectivity index (χ1) is 13.1. The van der Waals surface area contributed by atoms with Gasteiger partial charge in [-0.25, -0.2) is 4.98 Å². The lowest BCUT2D eigenvalue weighted by molar-refractivity contribution is -0.123. The van der Waals surface area contributed by atoms with Crippen LogP contribution in [-0.4, -0.2) is 17.5 Å². The number of aryl methyl sites for hydroxylation is 2. The van der Waals surface area contributed by atoms with Gasteiger partial charge in [-0.05, 0) is 42.7 Å². The van der Waals surface area contributed by atoms with Crippen LogP contribution in [0.2, 0.25) is 0 Å². The van der Waals surface area contributed by atoms with E-state index in [2.05, 4.69) is 10.3 Å². The van der Waals surface area contributed by atoms with E-state index in [-0.39, 0.29) is 12.5 Å². The second-order valence-corrected chi connectivity index (χ2v) is 6.21. The lowest BCUT2D eigenvalue weighted by Gasteiger charge is -2.12. The number of aromatic nitrogens is 1. The van der Waals surface area contributed by atoms with Crippen molar-refractivity contribution in [3.8, 4) is 17.4 Å². The van der Waals surface area contributed by atoms with Crippen LogP contribution in [0.1, 0.15) is 16.7 Å². The van der Waals surface area contributed by atoms with Gasteiger partial charge in [-0.2, -0.15) is 0 Å². The first kappa shape index (κ1) is 18.5. The summed E-state index contributed by atoms with van der Waals surface area (Å²) in [4.78, 5) is 16.3. The number of nitrogens with zero attached hydrogens (tertiary/aromatic N) is 1.